The van der Waals surface area contributed by atoms with Gasteiger partial charge in [0, 0.05) is 12.6 Å². The van der Waals surface area contributed by atoms with Crippen LogP contribution >= 0.6 is 0 Å². The van der Waals surface area contributed by atoms with Gasteiger partial charge in [0.25, 0.3) is 0 Å². The minimum absolute atomic E-state index is 0.112. The molecule has 0 aliphatic carbocycles. The zero-order chi connectivity index (χ0) is 12.6. The van der Waals surface area contributed by atoms with Crippen molar-refractivity contribution in [2.24, 2.45) is 5.14 Å². The number of sulfonamides is 1. The van der Waals surface area contributed by atoms with E-state index in [0.29, 0.717) is 11.7 Å². The molecule has 4 N–H and O–H groups in total. The van der Waals surface area contributed by atoms with Crippen LogP contribution in [-0.4, -0.2) is 21.0 Å². The maximum absolute atomic E-state index is 11.3. The summed E-state index contributed by atoms with van der Waals surface area (Å²) in [6, 6.07) is 4.98. The van der Waals surface area contributed by atoms with E-state index in [2.05, 4.69) is 11.8 Å². The average Bonchev–Trinajstić information content (AvgIpc) is 2.63. The highest BCUT2D eigenvalue weighted by atomic mass is 32.2. The number of rotatable bonds is 2. The van der Waals surface area contributed by atoms with Crippen LogP contribution in [0, 0.1) is 0 Å². The second kappa shape index (κ2) is 4.19. The molecular weight excluding hydrogens is 238 g/mol. The molecule has 1 aromatic rings. The zero-order valence-corrected chi connectivity index (χ0v) is 10.6. The third kappa shape index (κ3) is 2.37. The molecule has 1 saturated heterocycles. The quantitative estimate of drug-likeness (QED) is 0.768. The maximum Gasteiger partial charge on any atom is 0.238 e. The topological polar surface area (TPSA) is 89.4 Å². The zero-order valence-electron chi connectivity index (χ0n) is 9.76. The van der Waals surface area contributed by atoms with E-state index in [0.717, 1.165) is 25.1 Å². The number of hydrogen-bond donors (Lipinski definition) is 2. The Morgan fingerprint density at radius 1 is 1.41 bits per heavy atom. The van der Waals surface area contributed by atoms with Crippen molar-refractivity contribution in [2.75, 3.05) is 17.2 Å². The number of primary sulfonamides is 1. The van der Waals surface area contributed by atoms with Gasteiger partial charge in [0.05, 0.1) is 16.3 Å². The minimum Gasteiger partial charge on any atom is -0.397 e. The summed E-state index contributed by atoms with van der Waals surface area (Å²) < 4.78 is 22.6. The molecule has 94 valence electrons. The van der Waals surface area contributed by atoms with Crippen LogP contribution in [0.1, 0.15) is 19.8 Å². The van der Waals surface area contributed by atoms with Gasteiger partial charge in [-0.3, -0.25) is 0 Å². The van der Waals surface area contributed by atoms with Crippen LogP contribution in [0.25, 0.3) is 0 Å². The summed E-state index contributed by atoms with van der Waals surface area (Å²) >= 11 is 0. The van der Waals surface area contributed by atoms with Crippen LogP contribution in [0.4, 0.5) is 11.4 Å². The molecule has 1 aromatic carbocycles. The molecule has 0 radical (unpaired) electrons. The molecule has 0 amide bonds. The van der Waals surface area contributed by atoms with Crippen LogP contribution in [0.3, 0.4) is 0 Å². The van der Waals surface area contributed by atoms with Gasteiger partial charge in [-0.15, -0.1) is 0 Å². The molecule has 17 heavy (non-hydrogen) atoms. The first-order valence-corrected chi connectivity index (χ1v) is 7.13. The summed E-state index contributed by atoms with van der Waals surface area (Å²) in [5.74, 6) is 0. The SMILES string of the molecule is CC1CCCN1c1cc(S(N)(=O)=O)ccc1N. The van der Waals surface area contributed by atoms with E-state index in [1.807, 2.05) is 0 Å². The molecule has 1 aliphatic rings. The fraction of sp³-hybridized carbons (Fsp3) is 0.455. The number of nitrogens with zero attached hydrogens (tertiary/aromatic N) is 1. The Kier molecular flexibility index (Phi) is 3.01. The summed E-state index contributed by atoms with van der Waals surface area (Å²) in [5, 5.41) is 5.12. The maximum atomic E-state index is 11.3. The Morgan fingerprint density at radius 2 is 2.12 bits per heavy atom. The van der Waals surface area contributed by atoms with Crippen LogP contribution < -0.4 is 15.8 Å². The Morgan fingerprint density at radius 3 is 2.65 bits per heavy atom. The molecular formula is C11H17N3O2S. The molecule has 6 heteroatoms. The lowest BCUT2D eigenvalue weighted by Gasteiger charge is -2.25. The molecule has 0 aromatic heterocycles. The average molecular weight is 255 g/mol. The second-order valence-corrected chi connectivity index (χ2v) is 6.01. The Balaban J connectivity index is 2.46. The van der Waals surface area contributed by atoms with E-state index in [4.69, 9.17) is 10.9 Å². The lowest BCUT2D eigenvalue weighted by Crippen LogP contribution is -2.27. The molecule has 0 bridgehead atoms. The van der Waals surface area contributed by atoms with Crippen molar-refractivity contribution in [2.45, 2.75) is 30.7 Å². The summed E-state index contributed by atoms with van der Waals surface area (Å²) in [6.07, 6.45) is 2.19. The van der Waals surface area contributed by atoms with Crippen LogP contribution in [0.2, 0.25) is 0 Å². The second-order valence-electron chi connectivity index (χ2n) is 4.45. The van der Waals surface area contributed by atoms with E-state index in [1.165, 1.54) is 6.07 Å². The van der Waals surface area contributed by atoms with Gasteiger partial charge in [-0.2, -0.15) is 0 Å². The van der Waals surface area contributed by atoms with Crippen molar-refractivity contribution in [3.8, 4) is 0 Å². The van der Waals surface area contributed by atoms with Gasteiger partial charge in [-0.1, -0.05) is 0 Å². The summed E-state index contributed by atoms with van der Waals surface area (Å²) in [7, 11) is -3.67. The standard InChI is InChI=1S/C11H17N3O2S/c1-8-3-2-6-14(8)11-7-9(17(13,15)16)4-5-10(11)12/h4-5,7-8H,2-3,6,12H2,1H3,(H2,13,15,16). The molecule has 0 saturated carbocycles. The van der Waals surface area contributed by atoms with E-state index < -0.39 is 10.0 Å². The fourth-order valence-corrected chi connectivity index (χ4v) is 2.77. The van der Waals surface area contributed by atoms with E-state index in [-0.39, 0.29) is 4.90 Å². The van der Waals surface area contributed by atoms with Gasteiger partial charge < -0.3 is 10.6 Å². The van der Waals surface area contributed by atoms with E-state index in [1.54, 1.807) is 12.1 Å². The van der Waals surface area contributed by atoms with Crippen LogP contribution in [0.15, 0.2) is 23.1 Å². The van der Waals surface area contributed by atoms with Crippen molar-refractivity contribution < 1.29 is 8.42 Å². The number of nitrogens with two attached hydrogens (primary N) is 2. The smallest absolute Gasteiger partial charge is 0.238 e. The van der Waals surface area contributed by atoms with Crippen LogP contribution in [0.5, 0.6) is 0 Å². The van der Waals surface area contributed by atoms with Crippen molar-refractivity contribution in [3.63, 3.8) is 0 Å². The largest absolute Gasteiger partial charge is 0.397 e. The number of benzene rings is 1. The van der Waals surface area contributed by atoms with Crippen molar-refractivity contribution in [3.05, 3.63) is 18.2 Å². The monoisotopic (exact) mass is 255 g/mol. The van der Waals surface area contributed by atoms with Crippen molar-refractivity contribution in [1.82, 2.24) is 0 Å². The third-order valence-corrected chi connectivity index (χ3v) is 4.10. The first kappa shape index (κ1) is 12.2. The Bertz CT molecular complexity index is 528. The Labute approximate surface area is 101 Å². The van der Waals surface area contributed by atoms with Gasteiger partial charge in [0.2, 0.25) is 10.0 Å². The normalized spacial score (nSPS) is 20.8. The minimum atomic E-state index is -3.67. The first-order valence-electron chi connectivity index (χ1n) is 5.58. The Hall–Kier alpha value is -1.27. The molecule has 1 aliphatic heterocycles. The summed E-state index contributed by atoms with van der Waals surface area (Å²) in [6.45, 7) is 3.01. The van der Waals surface area contributed by atoms with Gasteiger partial charge in [0.1, 0.15) is 0 Å². The molecule has 2 rings (SSSR count). The van der Waals surface area contributed by atoms with Crippen LogP contribution in [-0.2, 0) is 10.0 Å². The van der Waals surface area contributed by atoms with E-state index in [9.17, 15) is 8.42 Å². The summed E-state index contributed by atoms with van der Waals surface area (Å²) in [4.78, 5) is 2.24. The number of anilines is 2. The lowest BCUT2D eigenvalue weighted by molar-refractivity contribution is 0.597. The molecule has 5 nitrogen and oxygen atoms in total. The molecule has 1 heterocycles. The van der Waals surface area contributed by atoms with Gasteiger partial charge >= 0.3 is 0 Å². The highest BCUT2D eigenvalue weighted by molar-refractivity contribution is 7.89. The number of nitrogen functional groups attached to an aromatic ring is 1. The first-order chi connectivity index (χ1) is 7.89. The molecule has 0 spiro atoms. The molecule has 1 unspecified atom stereocenters. The van der Waals surface area contributed by atoms with Crippen molar-refractivity contribution in [1.29, 1.82) is 0 Å². The van der Waals surface area contributed by atoms with Gasteiger partial charge in [-0.05, 0) is 38.0 Å². The molecule has 1 atom stereocenters. The predicted molar refractivity (Wildman–Crippen MR) is 68.3 cm³/mol. The lowest BCUT2D eigenvalue weighted by atomic mass is 10.2. The fourth-order valence-electron chi connectivity index (χ4n) is 2.24. The van der Waals surface area contributed by atoms with Gasteiger partial charge in [-0.25, -0.2) is 13.6 Å². The van der Waals surface area contributed by atoms with E-state index >= 15 is 0 Å². The number of hydrogen-bond acceptors (Lipinski definition) is 4. The highest BCUT2D eigenvalue weighted by Crippen LogP contribution is 2.31. The molecule has 1 fully saturated rings. The predicted octanol–water partition coefficient (Wildman–Crippen LogP) is 0.905. The third-order valence-electron chi connectivity index (χ3n) is 3.19. The van der Waals surface area contributed by atoms with Gasteiger partial charge in [0.15, 0.2) is 0 Å². The summed E-state index contributed by atoms with van der Waals surface area (Å²) in [5.41, 5.74) is 7.25. The van der Waals surface area contributed by atoms with Crippen molar-refractivity contribution >= 4 is 21.4 Å². The highest BCUT2D eigenvalue weighted by Gasteiger charge is 2.23.